The minimum absolute atomic E-state index is 0.140. The maximum Gasteiger partial charge on any atom is 0.324 e. The van der Waals surface area contributed by atoms with Crippen molar-refractivity contribution in [2.75, 3.05) is 0 Å². The van der Waals surface area contributed by atoms with Gasteiger partial charge in [-0.2, -0.15) is 0 Å². The molecule has 0 bridgehead atoms. The number of hydrogen-bond acceptors (Lipinski definition) is 5. The quantitative estimate of drug-likeness (QED) is 0.412. The Hall–Kier alpha value is -2.25. The van der Waals surface area contributed by atoms with E-state index in [9.17, 15) is 10.1 Å². The minimum Gasteiger partial charge on any atom is -0.290 e. The van der Waals surface area contributed by atoms with Gasteiger partial charge in [-0.15, -0.1) is 0 Å². The third-order valence-electron chi connectivity index (χ3n) is 3.02. The second kappa shape index (κ2) is 4.12. The van der Waals surface area contributed by atoms with Crippen molar-refractivity contribution in [1.29, 1.82) is 0 Å². The molecular weight excluding hydrogens is 294 g/mol. The number of fused-ring (bicyclic) bond motifs is 3. The fraction of sp³-hybridized carbons (Fsp3) is 0. The number of nitro groups is 1. The molecule has 0 saturated heterocycles. The molecule has 0 aliphatic rings. The van der Waals surface area contributed by atoms with Crippen molar-refractivity contribution < 1.29 is 4.92 Å². The molecule has 0 aliphatic heterocycles. The first-order chi connectivity index (χ1) is 9.72. The molecule has 0 amide bonds. The molecule has 3 heterocycles. The Kier molecular flexibility index (Phi) is 2.38. The normalized spacial score (nSPS) is 11.4. The van der Waals surface area contributed by atoms with Crippen LogP contribution in [-0.4, -0.2) is 14.3 Å². The van der Waals surface area contributed by atoms with Gasteiger partial charge in [0.2, 0.25) is 0 Å². The van der Waals surface area contributed by atoms with Crippen LogP contribution in [0.3, 0.4) is 0 Å². The standard InChI is InChI=1S/C13H7N3O2S2/c17-16(18)12-6-5-10(19-12)8-7-15-9-3-1-2-4-11(9)20-13(15)14-8/h1-7H. The van der Waals surface area contributed by atoms with Gasteiger partial charge in [-0.3, -0.25) is 14.5 Å². The van der Waals surface area contributed by atoms with Gasteiger partial charge in [0.15, 0.2) is 4.96 Å². The SMILES string of the molecule is O=[N+]([O-])c1ccc(-c2cn3c(n2)sc2ccccc23)s1. The Balaban J connectivity index is 1.89. The van der Waals surface area contributed by atoms with E-state index in [-0.39, 0.29) is 9.92 Å². The van der Waals surface area contributed by atoms with Crippen LogP contribution in [0.2, 0.25) is 0 Å². The molecule has 0 aliphatic carbocycles. The van der Waals surface area contributed by atoms with Crippen LogP contribution >= 0.6 is 22.7 Å². The summed E-state index contributed by atoms with van der Waals surface area (Å²) in [5.41, 5.74) is 1.89. The topological polar surface area (TPSA) is 60.4 Å². The van der Waals surface area contributed by atoms with Gasteiger partial charge in [-0.05, 0) is 18.2 Å². The first-order valence-electron chi connectivity index (χ1n) is 5.83. The number of para-hydroxylation sites is 1. The molecule has 0 radical (unpaired) electrons. The Bertz CT molecular complexity index is 951. The lowest BCUT2D eigenvalue weighted by atomic mass is 10.3. The third kappa shape index (κ3) is 1.64. The number of aromatic nitrogens is 2. The smallest absolute Gasteiger partial charge is 0.290 e. The van der Waals surface area contributed by atoms with Crippen LogP contribution < -0.4 is 0 Å². The molecular formula is C13H7N3O2S2. The van der Waals surface area contributed by atoms with Crippen molar-refractivity contribution in [3.63, 3.8) is 0 Å². The van der Waals surface area contributed by atoms with Crippen molar-refractivity contribution >= 4 is 42.9 Å². The van der Waals surface area contributed by atoms with Crippen LogP contribution in [0, 0.1) is 10.1 Å². The van der Waals surface area contributed by atoms with Crippen LogP contribution in [0.25, 0.3) is 25.7 Å². The molecule has 0 fully saturated rings. The molecule has 1 aromatic carbocycles. The van der Waals surface area contributed by atoms with Gasteiger partial charge in [0.05, 0.1) is 20.0 Å². The molecule has 4 rings (SSSR count). The number of imidazole rings is 1. The van der Waals surface area contributed by atoms with Gasteiger partial charge in [0.25, 0.3) is 0 Å². The fourth-order valence-electron chi connectivity index (χ4n) is 2.13. The maximum absolute atomic E-state index is 10.7. The zero-order valence-corrected chi connectivity index (χ0v) is 11.6. The summed E-state index contributed by atoms with van der Waals surface area (Å²) in [5, 5.41) is 10.9. The van der Waals surface area contributed by atoms with Gasteiger partial charge < -0.3 is 0 Å². The highest BCUT2D eigenvalue weighted by atomic mass is 32.1. The van der Waals surface area contributed by atoms with Gasteiger partial charge >= 0.3 is 5.00 Å². The molecule has 98 valence electrons. The Labute approximate surface area is 120 Å². The van der Waals surface area contributed by atoms with Gasteiger partial charge in [0, 0.05) is 12.3 Å². The first-order valence-corrected chi connectivity index (χ1v) is 7.47. The summed E-state index contributed by atoms with van der Waals surface area (Å²) < 4.78 is 3.21. The van der Waals surface area contributed by atoms with Gasteiger partial charge in [-0.25, -0.2) is 4.98 Å². The molecule has 0 saturated carbocycles. The van der Waals surface area contributed by atoms with Gasteiger partial charge in [0.1, 0.15) is 5.69 Å². The van der Waals surface area contributed by atoms with Crippen LogP contribution in [0.15, 0.2) is 42.6 Å². The zero-order valence-electron chi connectivity index (χ0n) is 10.0. The Morgan fingerprint density at radius 2 is 2.00 bits per heavy atom. The number of rotatable bonds is 2. The maximum atomic E-state index is 10.7. The highest BCUT2D eigenvalue weighted by Crippen LogP contribution is 2.34. The molecule has 0 spiro atoms. The zero-order chi connectivity index (χ0) is 13.7. The first kappa shape index (κ1) is 11.6. The number of thiazole rings is 1. The molecule has 0 N–H and O–H groups in total. The highest BCUT2D eigenvalue weighted by Gasteiger charge is 2.15. The average Bonchev–Trinajstić information content (AvgIpc) is 3.11. The van der Waals surface area contributed by atoms with E-state index < -0.39 is 0 Å². The van der Waals surface area contributed by atoms with Crippen LogP contribution in [0.5, 0.6) is 0 Å². The van der Waals surface area contributed by atoms with E-state index >= 15 is 0 Å². The summed E-state index contributed by atoms with van der Waals surface area (Å²) in [7, 11) is 0. The molecule has 20 heavy (non-hydrogen) atoms. The van der Waals surface area contributed by atoms with E-state index in [2.05, 4.69) is 11.1 Å². The predicted octanol–water partition coefficient (Wildman–Crippen LogP) is 4.19. The molecule has 0 atom stereocenters. The molecule has 5 nitrogen and oxygen atoms in total. The number of nitrogens with zero attached hydrogens (tertiary/aromatic N) is 3. The number of thiophene rings is 1. The third-order valence-corrected chi connectivity index (χ3v) is 5.12. The average molecular weight is 301 g/mol. The van der Waals surface area contributed by atoms with Crippen LogP contribution in [0.1, 0.15) is 0 Å². The van der Waals surface area contributed by atoms with E-state index in [0.717, 1.165) is 32.4 Å². The van der Waals surface area contributed by atoms with Crippen molar-refractivity contribution in [2.24, 2.45) is 0 Å². The largest absolute Gasteiger partial charge is 0.324 e. The number of hydrogen-bond donors (Lipinski definition) is 0. The molecule has 3 aromatic heterocycles. The van der Waals surface area contributed by atoms with Crippen molar-refractivity contribution in [3.8, 4) is 10.6 Å². The number of benzene rings is 1. The van der Waals surface area contributed by atoms with E-state index in [0.29, 0.717) is 0 Å². The monoisotopic (exact) mass is 301 g/mol. The van der Waals surface area contributed by atoms with Crippen molar-refractivity contribution in [1.82, 2.24) is 9.38 Å². The van der Waals surface area contributed by atoms with Crippen molar-refractivity contribution in [2.45, 2.75) is 0 Å². The summed E-state index contributed by atoms with van der Waals surface area (Å²) in [6.45, 7) is 0. The van der Waals surface area contributed by atoms with E-state index in [1.54, 1.807) is 17.4 Å². The summed E-state index contributed by atoms with van der Waals surface area (Å²) in [6, 6.07) is 11.4. The Morgan fingerprint density at radius 1 is 1.15 bits per heavy atom. The van der Waals surface area contributed by atoms with Crippen molar-refractivity contribution in [3.05, 3.63) is 52.7 Å². The molecule has 4 aromatic rings. The minimum atomic E-state index is -0.373. The summed E-state index contributed by atoms with van der Waals surface area (Å²) in [5.74, 6) is 0. The summed E-state index contributed by atoms with van der Waals surface area (Å²) >= 11 is 2.76. The van der Waals surface area contributed by atoms with E-state index in [4.69, 9.17) is 0 Å². The summed E-state index contributed by atoms with van der Waals surface area (Å²) in [6.07, 6.45) is 1.93. The van der Waals surface area contributed by atoms with E-state index in [1.165, 1.54) is 10.8 Å². The second-order valence-corrected chi connectivity index (χ2v) is 6.31. The Morgan fingerprint density at radius 3 is 2.80 bits per heavy atom. The molecule has 7 heteroatoms. The second-order valence-electron chi connectivity index (χ2n) is 4.24. The molecule has 0 unspecified atom stereocenters. The fourth-order valence-corrected chi connectivity index (χ4v) is 3.91. The summed E-state index contributed by atoms with van der Waals surface area (Å²) in [4.78, 5) is 16.6. The lowest BCUT2D eigenvalue weighted by Gasteiger charge is -1.89. The van der Waals surface area contributed by atoms with Gasteiger partial charge in [-0.1, -0.05) is 34.8 Å². The van der Waals surface area contributed by atoms with E-state index in [1.807, 2.05) is 28.8 Å². The predicted molar refractivity (Wildman–Crippen MR) is 80.5 cm³/mol. The van der Waals surface area contributed by atoms with Crippen LogP contribution in [0.4, 0.5) is 5.00 Å². The lowest BCUT2D eigenvalue weighted by Crippen LogP contribution is -1.80. The van der Waals surface area contributed by atoms with Crippen LogP contribution in [-0.2, 0) is 0 Å². The highest BCUT2D eigenvalue weighted by molar-refractivity contribution is 7.23. The lowest BCUT2D eigenvalue weighted by molar-refractivity contribution is -0.380.